The number of rotatable bonds is 4. The third-order valence-corrected chi connectivity index (χ3v) is 5.15. The SMILES string of the molecule is CC(C)(C)OC(=O)NC1CCN(C(=O)OCc2ccccc2)C1.CC(C)(C)OC(=O)NC1CCNC1. The van der Waals surface area contributed by atoms with Gasteiger partial charge in [0, 0.05) is 25.7 Å². The minimum Gasteiger partial charge on any atom is -0.445 e. The molecule has 1 aromatic rings. The van der Waals surface area contributed by atoms with Crippen molar-refractivity contribution >= 4 is 18.3 Å². The molecule has 0 bridgehead atoms. The smallest absolute Gasteiger partial charge is 0.410 e. The molecule has 2 aliphatic rings. The minimum absolute atomic E-state index is 0.103. The molecule has 0 radical (unpaired) electrons. The summed E-state index contributed by atoms with van der Waals surface area (Å²) in [5.74, 6) is 0. The number of carbonyl (C=O) groups is 3. The van der Waals surface area contributed by atoms with Crippen LogP contribution in [0.15, 0.2) is 30.3 Å². The molecule has 2 fully saturated rings. The lowest BCUT2D eigenvalue weighted by Gasteiger charge is -2.22. The van der Waals surface area contributed by atoms with Gasteiger partial charge >= 0.3 is 18.3 Å². The Labute approximate surface area is 214 Å². The lowest BCUT2D eigenvalue weighted by atomic mass is 10.2. The van der Waals surface area contributed by atoms with Crippen molar-refractivity contribution in [2.45, 2.75) is 84.3 Å². The van der Waals surface area contributed by atoms with Crippen molar-refractivity contribution in [3.63, 3.8) is 0 Å². The van der Waals surface area contributed by atoms with E-state index in [4.69, 9.17) is 14.2 Å². The second kappa shape index (κ2) is 13.3. The first kappa shape index (κ1) is 29.2. The van der Waals surface area contributed by atoms with Crippen molar-refractivity contribution in [2.75, 3.05) is 26.2 Å². The van der Waals surface area contributed by atoms with Crippen LogP contribution >= 0.6 is 0 Å². The van der Waals surface area contributed by atoms with E-state index in [1.54, 1.807) is 4.90 Å². The zero-order valence-corrected chi connectivity index (χ0v) is 22.4. The van der Waals surface area contributed by atoms with Gasteiger partial charge in [0.25, 0.3) is 0 Å². The number of nitrogens with zero attached hydrogens (tertiary/aromatic N) is 1. The van der Waals surface area contributed by atoms with Gasteiger partial charge in [0.1, 0.15) is 17.8 Å². The Morgan fingerprint density at radius 1 is 0.917 bits per heavy atom. The van der Waals surface area contributed by atoms with Gasteiger partial charge in [0.2, 0.25) is 0 Å². The van der Waals surface area contributed by atoms with Gasteiger partial charge in [0.05, 0.1) is 6.04 Å². The molecule has 202 valence electrons. The van der Waals surface area contributed by atoms with Gasteiger partial charge in [-0.3, -0.25) is 0 Å². The molecule has 36 heavy (non-hydrogen) atoms. The summed E-state index contributed by atoms with van der Waals surface area (Å²) in [6.45, 7) is 14.1. The highest BCUT2D eigenvalue weighted by Gasteiger charge is 2.29. The molecule has 2 aliphatic heterocycles. The Balaban J connectivity index is 0.000000297. The van der Waals surface area contributed by atoms with Crippen molar-refractivity contribution in [1.82, 2.24) is 20.9 Å². The molecule has 3 rings (SSSR count). The maximum atomic E-state index is 12.0. The highest BCUT2D eigenvalue weighted by atomic mass is 16.6. The zero-order chi connectivity index (χ0) is 26.8. The number of hydrogen-bond donors (Lipinski definition) is 3. The van der Waals surface area contributed by atoms with E-state index in [2.05, 4.69) is 16.0 Å². The second-order valence-electron chi connectivity index (χ2n) is 11.0. The maximum Gasteiger partial charge on any atom is 0.410 e. The molecule has 1 aromatic carbocycles. The van der Waals surface area contributed by atoms with Gasteiger partial charge in [-0.25, -0.2) is 14.4 Å². The number of ether oxygens (including phenoxy) is 3. The number of benzene rings is 1. The van der Waals surface area contributed by atoms with E-state index in [1.165, 1.54) is 0 Å². The van der Waals surface area contributed by atoms with E-state index in [-0.39, 0.29) is 30.9 Å². The summed E-state index contributed by atoms with van der Waals surface area (Å²) in [6, 6.07) is 9.66. The van der Waals surface area contributed by atoms with Crippen LogP contribution in [0.5, 0.6) is 0 Å². The van der Waals surface area contributed by atoms with E-state index in [9.17, 15) is 14.4 Å². The van der Waals surface area contributed by atoms with Crippen LogP contribution in [0.3, 0.4) is 0 Å². The summed E-state index contributed by atoms with van der Waals surface area (Å²) in [5.41, 5.74) is 0.0103. The van der Waals surface area contributed by atoms with Crippen LogP contribution in [-0.4, -0.2) is 72.6 Å². The number of nitrogens with one attached hydrogen (secondary N) is 3. The molecular formula is C26H42N4O6. The summed E-state index contributed by atoms with van der Waals surface area (Å²) in [7, 11) is 0. The Morgan fingerprint density at radius 3 is 2.03 bits per heavy atom. The topological polar surface area (TPSA) is 118 Å². The van der Waals surface area contributed by atoms with Crippen molar-refractivity contribution in [2.24, 2.45) is 0 Å². The average molecular weight is 507 g/mol. The van der Waals surface area contributed by atoms with Crippen LogP contribution in [0.2, 0.25) is 0 Å². The molecular weight excluding hydrogens is 464 g/mol. The molecule has 0 saturated carbocycles. The second-order valence-corrected chi connectivity index (χ2v) is 11.0. The lowest BCUT2D eigenvalue weighted by molar-refractivity contribution is 0.0494. The van der Waals surface area contributed by atoms with Gasteiger partial charge in [-0.15, -0.1) is 0 Å². The Hall–Kier alpha value is -3.01. The number of carbonyl (C=O) groups excluding carboxylic acids is 3. The molecule has 0 spiro atoms. The largest absolute Gasteiger partial charge is 0.445 e. The van der Waals surface area contributed by atoms with Crippen LogP contribution in [0, 0.1) is 0 Å². The van der Waals surface area contributed by atoms with Crippen LogP contribution < -0.4 is 16.0 Å². The third-order valence-electron chi connectivity index (χ3n) is 5.15. The summed E-state index contributed by atoms with van der Waals surface area (Å²) in [6.07, 6.45) is 0.546. The summed E-state index contributed by atoms with van der Waals surface area (Å²) in [5, 5.41) is 8.77. The van der Waals surface area contributed by atoms with Crippen molar-refractivity contribution in [3.8, 4) is 0 Å². The van der Waals surface area contributed by atoms with Gasteiger partial charge in [0.15, 0.2) is 0 Å². The van der Waals surface area contributed by atoms with Crippen molar-refractivity contribution in [1.29, 1.82) is 0 Å². The summed E-state index contributed by atoms with van der Waals surface area (Å²) < 4.78 is 15.6. The molecule has 2 heterocycles. The van der Waals surface area contributed by atoms with Gasteiger partial charge < -0.3 is 35.1 Å². The highest BCUT2D eigenvalue weighted by Crippen LogP contribution is 2.14. The first-order valence-electron chi connectivity index (χ1n) is 12.5. The fourth-order valence-electron chi connectivity index (χ4n) is 3.58. The Kier molecular flexibility index (Phi) is 10.8. The van der Waals surface area contributed by atoms with E-state index < -0.39 is 17.3 Å². The molecule has 2 saturated heterocycles. The highest BCUT2D eigenvalue weighted by molar-refractivity contribution is 5.70. The predicted octanol–water partition coefficient (Wildman–Crippen LogP) is 3.80. The first-order valence-corrected chi connectivity index (χ1v) is 12.5. The molecule has 0 aliphatic carbocycles. The quantitative estimate of drug-likeness (QED) is 0.532. The lowest BCUT2D eigenvalue weighted by Crippen LogP contribution is -2.41. The monoisotopic (exact) mass is 506 g/mol. The molecule has 2 atom stereocenters. The Bertz CT molecular complexity index is 844. The Morgan fingerprint density at radius 2 is 1.50 bits per heavy atom. The summed E-state index contributed by atoms with van der Waals surface area (Å²) >= 11 is 0. The average Bonchev–Trinajstić information content (AvgIpc) is 3.42. The third kappa shape index (κ3) is 12.1. The maximum absolute atomic E-state index is 12.0. The molecule has 2 unspecified atom stereocenters. The number of alkyl carbamates (subject to hydrolysis) is 2. The fourth-order valence-corrected chi connectivity index (χ4v) is 3.58. The standard InChI is InChI=1S/C17H24N2O4.C9H18N2O2/c1-17(2,3)23-15(20)18-14-9-10-19(11-14)16(21)22-12-13-7-5-4-6-8-13;1-9(2,3)13-8(12)11-7-4-5-10-6-7/h4-8,14H,9-12H2,1-3H3,(H,18,20);7,10H,4-6H2,1-3H3,(H,11,12). The number of amides is 3. The van der Waals surface area contributed by atoms with E-state index in [1.807, 2.05) is 71.9 Å². The van der Waals surface area contributed by atoms with Crippen molar-refractivity contribution < 1.29 is 28.6 Å². The van der Waals surface area contributed by atoms with Gasteiger partial charge in [-0.1, -0.05) is 30.3 Å². The van der Waals surface area contributed by atoms with Crippen LogP contribution in [0.4, 0.5) is 14.4 Å². The molecule has 10 heteroatoms. The fraction of sp³-hybridized carbons (Fsp3) is 0.654. The van der Waals surface area contributed by atoms with E-state index >= 15 is 0 Å². The van der Waals surface area contributed by atoms with E-state index in [0.29, 0.717) is 19.5 Å². The van der Waals surface area contributed by atoms with Crippen LogP contribution in [0.25, 0.3) is 0 Å². The molecule has 0 aromatic heterocycles. The normalized spacial score (nSPS) is 19.6. The van der Waals surface area contributed by atoms with Crippen LogP contribution in [0.1, 0.15) is 59.9 Å². The number of hydrogen-bond acceptors (Lipinski definition) is 7. The van der Waals surface area contributed by atoms with E-state index in [0.717, 1.165) is 25.1 Å². The van der Waals surface area contributed by atoms with Crippen LogP contribution in [-0.2, 0) is 20.8 Å². The minimum atomic E-state index is -0.531. The predicted molar refractivity (Wildman–Crippen MR) is 137 cm³/mol. The molecule has 10 nitrogen and oxygen atoms in total. The molecule has 3 N–H and O–H groups in total. The summed E-state index contributed by atoms with van der Waals surface area (Å²) in [4.78, 5) is 36.6. The first-order chi connectivity index (χ1) is 16.8. The zero-order valence-electron chi connectivity index (χ0n) is 22.4. The van der Waals surface area contributed by atoms with Gasteiger partial charge in [-0.2, -0.15) is 0 Å². The van der Waals surface area contributed by atoms with Gasteiger partial charge in [-0.05, 0) is 66.5 Å². The molecule has 3 amide bonds. The van der Waals surface area contributed by atoms with Crippen molar-refractivity contribution in [3.05, 3.63) is 35.9 Å². The number of likely N-dealkylation sites (tertiary alicyclic amines) is 1.